The van der Waals surface area contributed by atoms with Crippen LogP contribution in [-0.4, -0.2) is 49.1 Å². The monoisotopic (exact) mass is 495 g/mol. The minimum atomic E-state index is -3.59. The average Bonchev–Trinajstić information content (AvgIpc) is 3.41. The molecule has 0 aliphatic carbocycles. The van der Waals surface area contributed by atoms with Crippen LogP contribution < -0.4 is 15.8 Å². The number of nitrogens with two attached hydrogens (primary N) is 1. The summed E-state index contributed by atoms with van der Waals surface area (Å²) in [7, 11) is -3.59. The molecule has 2 heterocycles. The molecule has 3 N–H and O–H groups in total. The molecule has 3 aromatic rings. The van der Waals surface area contributed by atoms with Crippen molar-refractivity contribution in [3.8, 4) is 11.6 Å². The number of carbonyl (C=O) groups is 1. The molecule has 0 unspecified atom stereocenters. The molecular weight excluding hydrogens is 470 g/mol. The highest BCUT2D eigenvalue weighted by Crippen LogP contribution is 2.24. The summed E-state index contributed by atoms with van der Waals surface area (Å²) in [5.74, 6) is 0.276. The van der Waals surface area contributed by atoms with Crippen molar-refractivity contribution in [3.05, 3.63) is 78.5 Å². The number of pyridine rings is 1. The largest absolute Gasteiger partial charge is 0.438 e. The molecule has 35 heavy (non-hydrogen) atoms. The molecule has 0 spiro atoms. The fraction of sp³-hybridized carbons (Fsp3) is 0.208. The number of hydrogen-bond donors (Lipinski definition) is 2. The molecule has 0 bridgehead atoms. The third-order valence-corrected chi connectivity index (χ3v) is 7.08. The van der Waals surface area contributed by atoms with Crippen molar-refractivity contribution in [1.29, 1.82) is 0 Å². The van der Waals surface area contributed by atoms with Crippen LogP contribution in [-0.2, 0) is 19.7 Å². The van der Waals surface area contributed by atoms with Crippen molar-refractivity contribution in [2.24, 2.45) is 10.9 Å². The van der Waals surface area contributed by atoms with Gasteiger partial charge in [0.25, 0.3) is 5.91 Å². The van der Waals surface area contributed by atoms with Gasteiger partial charge >= 0.3 is 0 Å². The minimum absolute atomic E-state index is 0.0180. The van der Waals surface area contributed by atoms with E-state index in [2.05, 4.69) is 15.5 Å². The Balaban J connectivity index is 1.36. The molecule has 0 radical (unpaired) electrons. The van der Waals surface area contributed by atoms with Crippen LogP contribution in [0, 0.1) is 0 Å². The zero-order chi connectivity index (χ0) is 24.7. The molecule has 10 nitrogen and oxygen atoms in total. The van der Waals surface area contributed by atoms with E-state index >= 15 is 0 Å². The summed E-state index contributed by atoms with van der Waals surface area (Å²) >= 11 is 0. The smallest absolute Gasteiger partial charge is 0.265 e. The van der Waals surface area contributed by atoms with Gasteiger partial charge in [-0.2, -0.15) is 4.31 Å². The molecule has 2 aromatic carbocycles. The third kappa shape index (κ3) is 6.14. The van der Waals surface area contributed by atoms with Crippen LogP contribution in [0.15, 0.2) is 83.0 Å². The molecule has 1 amide bonds. The molecule has 1 aromatic heterocycles. The van der Waals surface area contributed by atoms with E-state index in [1.165, 1.54) is 16.4 Å². The number of benzene rings is 2. The van der Waals surface area contributed by atoms with E-state index in [-0.39, 0.29) is 16.6 Å². The molecular formula is C24H25N5O5S. The molecule has 11 heteroatoms. The Kier molecular flexibility index (Phi) is 7.58. The van der Waals surface area contributed by atoms with Gasteiger partial charge in [0, 0.05) is 25.0 Å². The SMILES string of the molecule is N/C(=N/OCC(=O)Nc1cccc(S(=O)(=O)N2CCCC2)c1)c1cccnc1Oc1ccccc1. The molecule has 4 rings (SSSR count). The van der Waals surface area contributed by atoms with Gasteiger partial charge in [0.2, 0.25) is 15.9 Å². The number of amides is 1. The Morgan fingerprint density at radius 1 is 1.06 bits per heavy atom. The van der Waals surface area contributed by atoms with E-state index in [1.807, 2.05) is 18.2 Å². The summed E-state index contributed by atoms with van der Waals surface area (Å²) in [6.45, 7) is 0.571. The van der Waals surface area contributed by atoms with Gasteiger partial charge in [0.15, 0.2) is 12.4 Å². The Labute approximate surface area is 203 Å². The van der Waals surface area contributed by atoms with Gasteiger partial charge in [-0.25, -0.2) is 13.4 Å². The third-order valence-electron chi connectivity index (χ3n) is 5.18. The number of oxime groups is 1. The second-order valence-corrected chi connectivity index (χ2v) is 9.65. The summed E-state index contributed by atoms with van der Waals surface area (Å²) in [5.41, 5.74) is 6.75. The summed E-state index contributed by atoms with van der Waals surface area (Å²) in [5, 5.41) is 6.41. The maximum absolute atomic E-state index is 12.7. The van der Waals surface area contributed by atoms with E-state index in [0.717, 1.165) is 12.8 Å². The lowest BCUT2D eigenvalue weighted by Crippen LogP contribution is -2.28. The zero-order valence-corrected chi connectivity index (χ0v) is 19.6. The summed E-state index contributed by atoms with van der Waals surface area (Å²) in [6.07, 6.45) is 3.24. The minimum Gasteiger partial charge on any atom is -0.438 e. The van der Waals surface area contributed by atoms with E-state index in [1.54, 1.807) is 42.6 Å². The Bertz CT molecular complexity index is 1310. The van der Waals surface area contributed by atoms with Gasteiger partial charge in [-0.1, -0.05) is 29.4 Å². The predicted molar refractivity (Wildman–Crippen MR) is 130 cm³/mol. The topological polar surface area (TPSA) is 136 Å². The van der Waals surface area contributed by atoms with Crippen molar-refractivity contribution in [3.63, 3.8) is 0 Å². The van der Waals surface area contributed by atoms with Crippen LogP contribution in [0.4, 0.5) is 5.69 Å². The van der Waals surface area contributed by atoms with Crippen LogP contribution in [0.3, 0.4) is 0 Å². The number of carbonyl (C=O) groups excluding carboxylic acids is 1. The van der Waals surface area contributed by atoms with Crippen LogP contribution >= 0.6 is 0 Å². The number of nitrogens with zero attached hydrogens (tertiary/aromatic N) is 3. The fourth-order valence-corrected chi connectivity index (χ4v) is 5.05. The predicted octanol–water partition coefficient (Wildman–Crippen LogP) is 2.93. The molecule has 1 aliphatic heterocycles. The van der Waals surface area contributed by atoms with Crippen molar-refractivity contribution in [2.75, 3.05) is 25.0 Å². The normalized spacial score (nSPS) is 14.5. The van der Waals surface area contributed by atoms with Crippen LogP contribution in [0.1, 0.15) is 18.4 Å². The van der Waals surface area contributed by atoms with E-state index in [4.69, 9.17) is 15.3 Å². The lowest BCUT2D eigenvalue weighted by Gasteiger charge is -2.16. The molecule has 182 valence electrons. The maximum Gasteiger partial charge on any atom is 0.265 e. The number of para-hydroxylation sites is 1. The Morgan fingerprint density at radius 3 is 2.60 bits per heavy atom. The number of nitrogens with one attached hydrogen (secondary N) is 1. The van der Waals surface area contributed by atoms with E-state index in [0.29, 0.717) is 30.1 Å². The number of sulfonamides is 1. The second kappa shape index (κ2) is 11.0. The summed E-state index contributed by atoms with van der Waals surface area (Å²) in [6, 6.07) is 18.5. The number of amidine groups is 1. The lowest BCUT2D eigenvalue weighted by atomic mass is 10.2. The zero-order valence-electron chi connectivity index (χ0n) is 18.8. The number of anilines is 1. The average molecular weight is 496 g/mol. The van der Waals surface area contributed by atoms with Gasteiger partial charge in [0.1, 0.15) is 5.75 Å². The Morgan fingerprint density at radius 2 is 1.83 bits per heavy atom. The van der Waals surface area contributed by atoms with Gasteiger partial charge in [-0.3, -0.25) is 4.79 Å². The van der Waals surface area contributed by atoms with E-state index < -0.39 is 22.5 Å². The van der Waals surface area contributed by atoms with Crippen LogP contribution in [0.2, 0.25) is 0 Å². The summed E-state index contributed by atoms with van der Waals surface area (Å²) in [4.78, 5) is 21.7. The highest BCUT2D eigenvalue weighted by Gasteiger charge is 2.27. The van der Waals surface area contributed by atoms with E-state index in [9.17, 15) is 13.2 Å². The highest BCUT2D eigenvalue weighted by atomic mass is 32.2. The van der Waals surface area contributed by atoms with Crippen LogP contribution in [0.25, 0.3) is 0 Å². The molecule has 0 atom stereocenters. The van der Waals surface area contributed by atoms with Gasteiger partial charge in [-0.05, 0) is 55.3 Å². The highest BCUT2D eigenvalue weighted by molar-refractivity contribution is 7.89. The molecule has 0 saturated carbocycles. The Hall–Kier alpha value is -3.96. The van der Waals surface area contributed by atoms with Gasteiger partial charge in [0.05, 0.1) is 10.5 Å². The maximum atomic E-state index is 12.7. The second-order valence-electron chi connectivity index (χ2n) is 7.71. The number of ether oxygens (including phenoxy) is 1. The van der Waals surface area contributed by atoms with Crippen molar-refractivity contribution in [2.45, 2.75) is 17.7 Å². The number of hydrogen-bond acceptors (Lipinski definition) is 7. The number of rotatable bonds is 9. The summed E-state index contributed by atoms with van der Waals surface area (Å²) < 4.78 is 32.7. The van der Waals surface area contributed by atoms with Crippen molar-refractivity contribution < 1.29 is 22.8 Å². The first-order chi connectivity index (χ1) is 16.9. The standard InChI is InChI=1S/C24H25N5O5S/c25-23(21-12-7-13-26-24(21)34-19-9-2-1-3-10-19)28-33-17-22(30)27-18-8-6-11-20(16-18)35(31,32)29-14-4-5-15-29/h1-3,6-13,16H,4-5,14-15,17H2,(H2,25,28)(H,27,30). The quantitative estimate of drug-likeness (QED) is 0.265. The number of aromatic nitrogens is 1. The van der Waals surface area contributed by atoms with Gasteiger partial charge < -0.3 is 20.6 Å². The molecule has 1 aliphatic rings. The van der Waals surface area contributed by atoms with Crippen molar-refractivity contribution >= 4 is 27.5 Å². The van der Waals surface area contributed by atoms with Crippen molar-refractivity contribution in [1.82, 2.24) is 9.29 Å². The molecule has 1 saturated heterocycles. The first kappa shape index (κ1) is 24.2. The van der Waals surface area contributed by atoms with Crippen LogP contribution in [0.5, 0.6) is 11.6 Å². The first-order valence-electron chi connectivity index (χ1n) is 11.0. The fourth-order valence-electron chi connectivity index (χ4n) is 3.49. The van der Waals surface area contributed by atoms with Gasteiger partial charge in [-0.15, -0.1) is 0 Å². The first-order valence-corrected chi connectivity index (χ1v) is 12.4. The molecule has 1 fully saturated rings. The lowest BCUT2D eigenvalue weighted by molar-refractivity contribution is -0.120.